The molecule has 2 rings (SSSR count). The van der Waals surface area contributed by atoms with Gasteiger partial charge in [-0.1, -0.05) is 0 Å². The summed E-state index contributed by atoms with van der Waals surface area (Å²) in [5.74, 6) is -0.0976. The predicted octanol–water partition coefficient (Wildman–Crippen LogP) is 0.660. The Kier molecular flexibility index (Phi) is 3.58. The second kappa shape index (κ2) is 5.14. The van der Waals surface area contributed by atoms with Crippen molar-refractivity contribution in [3.05, 3.63) is 24.2 Å². The molecule has 0 aliphatic carbocycles. The van der Waals surface area contributed by atoms with Gasteiger partial charge >= 0.3 is 0 Å². The SMILES string of the molecule is NC(=O)C1CCCN(CC(=O)c2ccco2)C1. The zero-order valence-electron chi connectivity index (χ0n) is 9.59. The lowest BCUT2D eigenvalue weighted by molar-refractivity contribution is -0.123. The molecule has 2 heterocycles. The van der Waals surface area contributed by atoms with Crippen LogP contribution in [0.3, 0.4) is 0 Å². The van der Waals surface area contributed by atoms with Crippen molar-refractivity contribution >= 4 is 11.7 Å². The molecular weight excluding hydrogens is 220 g/mol. The zero-order valence-corrected chi connectivity index (χ0v) is 9.59. The number of rotatable bonds is 4. The molecule has 2 N–H and O–H groups in total. The molecule has 1 fully saturated rings. The molecule has 1 aromatic rings. The van der Waals surface area contributed by atoms with Gasteiger partial charge in [0, 0.05) is 6.54 Å². The maximum Gasteiger partial charge on any atom is 0.221 e. The molecule has 1 aliphatic heterocycles. The van der Waals surface area contributed by atoms with Gasteiger partial charge in [-0.05, 0) is 31.5 Å². The highest BCUT2D eigenvalue weighted by atomic mass is 16.3. The first-order chi connectivity index (χ1) is 8.16. The number of carbonyl (C=O) groups excluding carboxylic acids is 2. The summed E-state index contributed by atoms with van der Waals surface area (Å²) in [5, 5.41) is 0. The third-order valence-electron chi connectivity index (χ3n) is 3.07. The van der Waals surface area contributed by atoms with E-state index in [1.54, 1.807) is 12.1 Å². The quantitative estimate of drug-likeness (QED) is 0.779. The number of piperidine rings is 1. The molecule has 17 heavy (non-hydrogen) atoms. The van der Waals surface area contributed by atoms with Crippen molar-refractivity contribution in [2.45, 2.75) is 12.8 Å². The number of Topliss-reactive ketones (excluding diaryl/α,β-unsaturated/α-hetero) is 1. The minimum absolute atomic E-state index is 0.0554. The van der Waals surface area contributed by atoms with E-state index >= 15 is 0 Å². The molecule has 1 saturated heterocycles. The van der Waals surface area contributed by atoms with E-state index in [4.69, 9.17) is 10.2 Å². The first kappa shape index (κ1) is 11.9. The van der Waals surface area contributed by atoms with Crippen molar-refractivity contribution in [2.24, 2.45) is 11.7 Å². The van der Waals surface area contributed by atoms with Crippen LogP contribution in [0.2, 0.25) is 0 Å². The number of nitrogens with zero attached hydrogens (tertiary/aromatic N) is 1. The number of ketones is 1. The molecule has 0 bridgehead atoms. The summed E-state index contributed by atoms with van der Waals surface area (Å²) in [6.07, 6.45) is 3.20. The van der Waals surface area contributed by atoms with Crippen LogP contribution < -0.4 is 5.73 Å². The Labute approximate surface area is 99.6 Å². The minimum atomic E-state index is -0.278. The van der Waals surface area contributed by atoms with Gasteiger partial charge in [0.2, 0.25) is 11.7 Å². The van der Waals surface area contributed by atoms with Crippen molar-refractivity contribution in [1.82, 2.24) is 4.90 Å². The van der Waals surface area contributed by atoms with E-state index in [1.165, 1.54) is 6.26 Å². The highest BCUT2D eigenvalue weighted by Crippen LogP contribution is 2.16. The predicted molar refractivity (Wildman–Crippen MR) is 61.4 cm³/mol. The van der Waals surface area contributed by atoms with Crippen LogP contribution in [0.1, 0.15) is 23.4 Å². The van der Waals surface area contributed by atoms with Crippen LogP contribution in [0.25, 0.3) is 0 Å². The Bertz CT molecular complexity index is 400. The zero-order chi connectivity index (χ0) is 12.3. The molecule has 1 atom stereocenters. The molecule has 0 spiro atoms. The van der Waals surface area contributed by atoms with Crippen LogP contribution in [0, 0.1) is 5.92 Å². The van der Waals surface area contributed by atoms with Gasteiger partial charge in [0.15, 0.2) is 5.76 Å². The molecule has 0 saturated carbocycles. The Morgan fingerprint density at radius 1 is 1.53 bits per heavy atom. The van der Waals surface area contributed by atoms with E-state index in [1.807, 2.05) is 4.90 Å². The van der Waals surface area contributed by atoms with Crippen molar-refractivity contribution in [3.8, 4) is 0 Å². The summed E-state index contributed by atoms with van der Waals surface area (Å²) in [4.78, 5) is 24.9. The fourth-order valence-electron chi connectivity index (χ4n) is 2.15. The highest BCUT2D eigenvalue weighted by molar-refractivity contribution is 5.95. The minimum Gasteiger partial charge on any atom is -0.461 e. The highest BCUT2D eigenvalue weighted by Gasteiger charge is 2.25. The Morgan fingerprint density at radius 3 is 3.00 bits per heavy atom. The molecule has 0 aromatic carbocycles. The van der Waals surface area contributed by atoms with Gasteiger partial charge in [0.05, 0.1) is 18.7 Å². The second-order valence-electron chi connectivity index (χ2n) is 4.38. The summed E-state index contributed by atoms with van der Waals surface area (Å²) in [5.41, 5.74) is 5.29. The van der Waals surface area contributed by atoms with Gasteiger partial charge in [-0.2, -0.15) is 0 Å². The summed E-state index contributed by atoms with van der Waals surface area (Å²) in [6.45, 7) is 1.69. The molecular formula is C12H16N2O3. The average Bonchev–Trinajstić information content (AvgIpc) is 2.82. The molecule has 92 valence electrons. The number of furan rings is 1. The maximum atomic E-state index is 11.8. The number of nitrogens with two attached hydrogens (primary N) is 1. The van der Waals surface area contributed by atoms with Crippen LogP contribution in [0.4, 0.5) is 0 Å². The largest absolute Gasteiger partial charge is 0.461 e. The lowest BCUT2D eigenvalue weighted by atomic mass is 9.97. The smallest absolute Gasteiger partial charge is 0.221 e. The summed E-state index contributed by atoms with van der Waals surface area (Å²) in [6, 6.07) is 3.34. The van der Waals surface area contributed by atoms with Gasteiger partial charge in [-0.3, -0.25) is 14.5 Å². The normalized spacial score (nSPS) is 21.3. The van der Waals surface area contributed by atoms with Gasteiger partial charge in [0.1, 0.15) is 0 Å². The van der Waals surface area contributed by atoms with Gasteiger partial charge in [-0.15, -0.1) is 0 Å². The number of hydrogen-bond donors (Lipinski definition) is 1. The van der Waals surface area contributed by atoms with Crippen LogP contribution in [-0.2, 0) is 4.79 Å². The Balaban J connectivity index is 1.91. The molecule has 1 aliphatic rings. The van der Waals surface area contributed by atoms with Crippen LogP contribution in [0.5, 0.6) is 0 Å². The van der Waals surface area contributed by atoms with Crippen molar-refractivity contribution in [2.75, 3.05) is 19.6 Å². The standard InChI is InChI=1S/C12H16N2O3/c13-12(16)9-3-1-5-14(7-9)8-10(15)11-4-2-6-17-11/h2,4,6,9H,1,3,5,7-8H2,(H2,13,16). The Morgan fingerprint density at radius 2 is 2.35 bits per heavy atom. The lowest BCUT2D eigenvalue weighted by Crippen LogP contribution is -2.43. The third-order valence-corrected chi connectivity index (χ3v) is 3.07. The van der Waals surface area contributed by atoms with E-state index in [2.05, 4.69) is 0 Å². The topological polar surface area (TPSA) is 76.5 Å². The molecule has 1 amide bonds. The van der Waals surface area contributed by atoms with Crippen LogP contribution in [0.15, 0.2) is 22.8 Å². The fourth-order valence-corrected chi connectivity index (χ4v) is 2.15. The molecule has 1 unspecified atom stereocenters. The van der Waals surface area contributed by atoms with Gasteiger partial charge in [-0.25, -0.2) is 0 Å². The lowest BCUT2D eigenvalue weighted by Gasteiger charge is -2.30. The second-order valence-corrected chi connectivity index (χ2v) is 4.38. The van der Waals surface area contributed by atoms with Crippen LogP contribution >= 0.6 is 0 Å². The van der Waals surface area contributed by atoms with E-state index < -0.39 is 0 Å². The monoisotopic (exact) mass is 236 g/mol. The number of hydrogen-bond acceptors (Lipinski definition) is 4. The number of primary amides is 1. The fraction of sp³-hybridized carbons (Fsp3) is 0.500. The Hall–Kier alpha value is -1.62. The number of carbonyl (C=O) groups is 2. The van der Waals surface area contributed by atoms with Crippen molar-refractivity contribution in [3.63, 3.8) is 0 Å². The molecule has 0 radical (unpaired) electrons. The molecule has 5 nitrogen and oxygen atoms in total. The van der Waals surface area contributed by atoms with E-state index in [-0.39, 0.29) is 24.2 Å². The first-order valence-corrected chi connectivity index (χ1v) is 5.75. The first-order valence-electron chi connectivity index (χ1n) is 5.75. The van der Waals surface area contributed by atoms with E-state index in [9.17, 15) is 9.59 Å². The van der Waals surface area contributed by atoms with Crippen molar-refractivity contribution in [1.29, 1.82) is 0 Å². The van der Waals surface area contributed by atoms with Gasteiger partial charge < -0.3 is 10.2 Å². The summed E-state index contributed by atoms with van der Waals surface area (Å²) < 4.78 is 5.04. The number of amides is 1. The maximum absolute atomic E-state index is 11.8. The van der Waals surface area contributed by atoms with Crippen LogP contribution in [-0.4, -0.2) is 36.2 Å². The van der Waals surface area contributed by atoms with E-state index in [0.717, 1.165) is 19.4 Å². The summed E-state index contributed by atoms with van der Waals surface area (Å²) in [7, 11) is 0. The summed E-state index contributed by atoms with van der Waals surface area (Å²) >= 11 is 0. The van der Waals surface area contributed by atoms with E-state index in [0.29, 0.717) is 12.3 Å². The molecule has 5 heteroatoms. The van der Waals surface area contributed by atoms with Crippen molar-refractivity contribution < 1.29 is 14.0 Å². The number of likely N-dealkylation sites (tertiary alicyclic amines) is 1. The average molecular weight is 236 g/mol. The third kappa shape index (κ3) is 2.94. The van der Waals surface area contributed by atoms with Gasteiger partial charge in [0.25, 0.3) is 0 Å². The molecule has 1 aromatic heterocycles.